The summed E-state index contributed by atoms with van der Waals surface area (Å²) in [5.41, 5.74) is 14.6. The molecule has 0 radical (unpaired) electrons. The fourth-order valence-electron chi connectivity index (χ4n) is 3.65. The van der Waals surface area contributed by atoms with E-state index >= 15 is 0 Å². The largest absolute Gasteiger partial charge is 0.490 e. The molecule has 0 fully saturated rings. The number of rotatable bonds is 6. The van der Waals surface area contributed by atoms with Crippen LogP contribution in [0.2, 0.25) is 5.02 Å². The highest BCUT2D eigenvalue weighted by Gasteiger charge is 2.30. The van der Waals surface area contributed by atoms with Crippen LogP contribution in [0.5, 0.6) is 11.5 Å². The molecule has 2 heterocycles. The highest BCUT2D eigenvalue weighted by atomic mass is 35.5. The van der Waals surface area contributed by atoms with Gasteiger partial charge in [0.2, 0.25) is 5.96 Å². The molecule has 35 heavy (non-hydrogen) atoms. The monoisotopic (exact) mass is 488 g/mol. The Morgan fingerprint density at radius 2 is 1.89 bits per heavy atom. The molecule has 0 amide bonds. The van der Waals surface area contributed by atoms with Gasteiger partial charge in [0.1, 0.15) is 35.9 Å². The summed E-state index contributed by atoms with van der Waals surface area (Å²) < 4.78 is 11.8. The molecule has 0 saturated heterocycles. The number of benzene rings is 2. The van der Waals surface area contributed by atoms with Gasteiger partial charge in [-0.3, -0.25) is 5.32 Å². The van der Waals surface area contributed by atoms with E-state index in [4.69, 9.17) is 37.8 Å². The molecule has 0 aliphatic carbocycles. The van der Waals surface area contributed by atoms with Gasteiger partial charge in [-0.2, -0.15) is 10.5 Å². The number of anilines is 3. The minimum absolute atomic E-state index is 0.0193. The highest BCUT2D eigenvalue weighted by Crippen LogP contribution is 2.42. The molecular formula is C24H21ClN8O2. The zero-order valence-corrected chi connectivity index (χ0v) is 19.4. The molecule has 1 unspecified atom stereocenters. The van der Waals surface area contributed by atoms with Crippen LogP contribution in [-0.2, 0) is 6.61 Å². The summed E-state index contributed by atoms with van der Waals surface area (Å²) in [6, 6.07) is 14.0. The number of halogens is 1. The van der Waals surface area contributed by atoms with Crippen LogP contribution in [-0.4, -0.2) is 17.6 Å². The van der Waals surface area contributed by atoms with Crippen LogP contribution < -0.4 is 31.6 Å². The zero-order chi connectivity index (χ0) is 24.9. The topological polar surface area (TPSA) is 167 Å². The third kappa shape index (κ3) is 4.83. The van der Waals surface area contributed by atoms with Crippen molar-refractivity contribution in [1.29, 1.82) is 10.5 Å². The third-order valence-corrected chi connectivity index (χ3v) is 5.50. The van der Waals surface area contributed by atoms with E-state index in [1.807, 2.05) is 37.4 Å². The number of aromatic nitrogens is 1. The lowest BCUT2D eigenvalue weighted by atomic mass is 9.95. The fourth-order valence-corrected chi connectivity index (χ4v) is 3.77. The molecule has 10 nitrogen and oxygen atoms in total. The predicted octanol–water partition coefficient (Wildman–Crippen LogP) is 3.69. The smallest absolute Gasteiger partial charge is 0.211 e. The molecule has 4 rings (SSSR count). The van der Waals surface area contributed by atoms with Crippen molar-refractivity contribution in [2.45, 2.75) is 19.6 Å². The van der Waals surface area contributed by atoms with Gasteiger partial charge in [-0.05, 0) is 42.3 Å². The van der Waals surface area contributed by atoms with E-state index in [2.05, 4.69) is 20.6 Å². The molecule has 176 valence electrons. The molecule has 2 aromatic carbocycles. The van der Waals surface area contributed by atoms with Gasteiger partial charge < -0.3 is 26.3 Å². The number of hydrogen-bond acceptors (Lipinski definition) is 10. The Morgan fingerprint density at radius 3 is 2.57 bits per heavy atom. The molecule has 0 spiro atoms. The molecule has 0 bridgehead atoms. The van der Waals surface area contributed by atoms with Crippen LogP contribution in [0.3, 0.4) is 0 Å². The second kappa shape index (κ2) is 10.1. The van der Waals surface area contributed by atoms with Gasteiger partial charge in [0, 0.05) is 10.6 Å². The standard InChI is InChI=1S/C24H21ClN8O2/c1-2-34-18-9-14(5-8-17(18)35-11-13-3-6-15(25)7-4-13)21-19-20(28)16(10-26)22(29)32-23(19)33-24(31-21)30-12-27/h3-9,21H,2,11H2,1H3,(H6,28,29,30,31,32,33). The Bertz CT molecular complexity index is 1380. The Hall–Kier alpha value is -4.67. The summed E-state index contributed by atoms with van der Waals surface area (Å²) in [5.74, 6) is 1.50. The maximum absolute atomic E-state index is 9.51. The van der Waals surface area contributed by atoms with Crippen LogP contribution in [0.15, 0.2) is 47.5 Å². The van der Waals surface area contributed by atoms with Crippen LogP contribution in [0.1, 0.15) is 35.2 Å². The number of ether oxygens (including phenoxy) is 2. The van der Waals surface area contributed by atoms with E-state index in [1.54, 1.807) is 24.3 Å². The molecule has 6 N–H and O–H groups in total. The number of nitrogens with one attached hydrogen (secondary N) is 2. The molecule has 0 saturated carbocycles. The molecule has 11 heteroatoms. The second-order valence-electron chi connectivity index (χ2n) is 7.46. The SMILES string of the molecule is CCOc1cc(C2N=C(NC#N)Nc3nc(N)c(C#N)c(N)c32)ccc1OCc1ccc(Cl)cc1. The lowest BCUT2D eigenvalue weighted by molar-refractivity contribution is 0.269. The Morgan fingerprint density at radius 1 is 1.11 bits per heavy atom. The summed E-state index contributed by atoms with van der Waals surface area (Å²) in [6.07, 6.45) is 1.83. The number of aliphatic imine (C=N–C) groups is 1. The summed E-state index contributed by atoms with van der Waals surface area (Å²) in [5, 5.41) is 24.6. The van der Waals surface area contributed by atoms with Crippen LogP contribution in [0.25, 0.3) is 0 Å². The first-order valence-electron chi connectivity index (χ1n) is 10.6. The van der Waals surface area contributed by atoms with E-state index < -0.39 is 6.04 Å². The first kappa shape index (κ1) is 23.5. The first-order chi connectivity index (χ1) is 16.9. The molecular weight excluding hydrogens is 468 g/mol. The van der Waals surface area contributed by atoms with E-state index in [0.29, 0.717) is 46.7 Å². The predicted molar refractivity (Wildman–Crippen MR) is 133 cm³/mol. The van der Waals surface area contributed by atoms with E-state index in [9.17, 15) is 5.26 Å². The minimum Gasteiger partial charge on any atom is -0.490 e. The second-order valence-corrected chi connectivity index (χ2v) is 7.89. The average molecular weight is 489 g/mol. The van der Waals surface area contributed by atoms with Crippen molar-refractivity contribution >= 4 is 34.9 Å². The van der Waals surface area contributed by atoms with Gasteiger partial charge >= 0.3 is 0 Å². The third-order valence-electron chi connectivity index (χ3n) is 5.25. The lowest BCUT2D eigenvalue weighted by Gasteiger charge is -2.26. The lowest BCUT2D eigenvalue weighted by Crippen LogP contribution is -2.32. The molecule has 1 aromatic heterocycles. The summed E-state index contributed by atoms with van der Waals surface area (Å²) in [6.45, 7) is 2.60. The Labute approximate surface area is 206 Å². The molecule has 3 aromatic rings. The van der Waals surface area contributed by atoms with Crippen molar-refractivity contribution in [3.05, 3.63) is 69.7 Å². The molecule has 1 atom stereocenters. The number of nitrogens with zero attached hydrogens (tertiary/aromatic N) is 4. The summed E-state index contributed by atoms with van der Waals surface area (Å²) in [7, 11) is 0. The molecule has 1 aliphatic heterocycles. The van der Waals surface area contributed by atoms with Gasteiger partial charge in [0.15, 0.2) is 17.7 Å². The Balaban J connectivity index is 1.74. The van der Waals surface area contributed by atoms with E-state index in [0.717, 1.165) is 5.56 Å². The van der Waals surface area contributed by atoms with Crippen LogP contribution in [0.4, 0.5) is 17.3 Å². The van der Waals surface area contributed by atoms with Crippen molar-refractivity contribution in [3.63, 3.8) is 0 Å². The van der Waals surface area contributed by atoms with Gasteiger partial charge in [-0.1, -0.05) is 29.8 Å². The van der Waals surface area contributed by atoms with Crippen molar-refractivity contribution in [3.8, 4) is 23.8 Å². The Kier molecular flexibility index (Phi) is 6.76. The van der Waals surface area contributed by atoms with Crippen molar-refractivity contribution in [1.82, 2.24) is 10.3 Å². The maximum atomic E-state index is 9.51. The van der Waals surface area contributed by atoms with Gasteiger partial charge in [-0.15, -0.1) is 0 Å². The normalized spacial score (nSPS) is 13.9. The van der Waals surface area contributed by atoms with Gasteiger partial charge in [-0.25, -0.2) is 9.98 Å². The van der Waals surface area contributed by atoms with Crippen molar-refractivity contribution < 1.29 is 9.47 Å². The van der Waals surface area contributed by atoms with Gasteiger partial charge in [0.25, 0.3) is 0 Å². The van der Waals surface area contributed by atoms with E-state index in [1.165, 1.54) is 0 Å². The van der Waals surface area contributed by atoms with Crippen molar-refractivity contribution in [2.24, 2.45) is 4.99 Å². The summed E-state index contributed by atoms with van der Waals surface area (Å²) in [4.78, 5) is 8.84. The number of pyridine rings is 1. The quantitative estimate of drug-likeness (QED) is 0.298. The van der Waals surface area contributed by atoms with Gasteiger partial charge in [0.05, 0.1) is 12.3 Å². The van der Waals surface area contributed by atoms with Crippen LogP contribution in [0, 0.1) is 22.8 Å². The minimum atomic E-state index is -0.688. The highest BCUT2D eigenvalue weighted by molar-refractivity contribution is 6.30. The van der Waals surface area contributed by atoms with E-state index in [-0.39, 0.29) is 23.0 Å². The maximum Gasteiger partial charge on any atom is 0.211 e. The fraction of sp³-hybridized carbons (Fsp3) is 0.167. The number of guanidine groups is 1. The van der Waals surface area contributed by atoms with Crippen LogP contribution >= 0.6 is 11.6 Å². The number of nitrogens with two attached hydrogens (primary N) is 2. The average Bonchev–Trinajstić information content (AvgIpc) is 2.84. The summed E-state index contributed by atoms with van der Waals surface area (Å²) >= 11 is 5.96. The zero-order valence-electron chi connectivity index (χ0n) is 18.7. The molecule has 1 aliphatic rings. The number of nitriles is 2. The number of hydrogen-bond donors (Lipinski definition) is 4. The van der Waals surface area contributed by atoms with Crippen molar-refractivity contribution in [2.75, 3.05) is 23.4 Å². The first-order valence-corrected chi connectivity index (χ1v) is 11.0. The number of fused-ring (bicyclic) bond motifs is 1. The number of nitrogen functional groups attached to an aromatic ring is 2.